The third-order valence-electron chi connectivity index (χ3n) is 4.31. The van der Waals surface area contributed by atoms with Crippen molar-refractivity contribution >= 4 is 32.5 Å². The molecule has 0 saturated carbocycles. The molecule has 0 spiro atoms. The molecule has 1 heterocycles. The number of aromatic amines is 1. The second-order valence-electron chi connectivity index (χ2n) is 6.27. The number of H-pyrrole nitrogens is 1. The summed E-state index contributed by atoms with van der Waals surface area (Å²) < 4.78 is 13.7. The maximum absolute atomic E-state index is 13.2. The number of amides is 1. The Balaban J connectivity index is 1.63. The molecule has 0 radical (unpaired) electrons. The molecule has 27 heavy (non-hydrogen) atoms. The van der Waals surface area contributed by atoms with Crippen LogP contribution in [0.2, 0.25) is 6.04 Å². The van der Waals surface area contributed by atoms with Crippen LogP contribution in [0.3, 0.4) is 0 Å². The van der Waals surface area contributed by atoms with Crippen molar-refractivity contribution in [3.05, 3.63) is 62.2 Å². The van der Waals surface area contributed by atoms with Crippen molar-refractivity contribution in [2.45, 2.75) is 26.3 Å². The zero-order valence-corrected chi connectivity index (χ0v) is 17.7. The quantitative estimate of drug-likeness (QED) is 0.501. The molecule has 146 valence electrons. The Morgan fingerprint density at radius 2 is 2.07 bits per heavy atom. The number of hydrogen-bond donors (Lipinski definition) is 2. The molecular formula is C18H24FN3O3SSi. The van der Waals surface area contributed by atoms with Gasteiger partial charge in [-0.2, -0.15) is 16.2 Å². The van der Waals surface area contributed by atoms with Crippen molar-refractivity contribution in [3.63, 3.8) is 0 Å². The number of carbonyl (C=O) groups is 1. The first-order valence-corrected chi connectivity index (χ1v) is 11.7. The molecule has 1 aromatic carbocycles. The van der Waals surface area contributed by atoms with E-state index in [1.807, 2.05) is 11.8 Å². The summed E-state index contributed by atoms with van der Waals surface area (Å²) in [7, 11) is -0.254. The molecule has 0 fully saturated rings. The molecule has 1 amide bonds. The largest absolute Gasteiger partial charge is 0.337 e. The third kappa shape index (κ3) is 6.21. The lowest BCUT2D eigenvalue weighted by Gasteiger charge is -2.08. The Hall–Kier alpha value is -2.13. The first-order chi connectivity index (χ1) is 12.9. The van der Waals surface area contributed by atoms with E-state index in [0.717, 1.165) is 17.9 Å². The Morgan fingerprint density at radius 3 is 2.85 bits per heavy atom. The summed E-state index contributed by atoms with van der Waals surface area (Å²) in [6.45, 7) is 4.71. The van der Waals surface area contributed by atoms with Crippen molar-refractivity contribution in [2.24, 2.45) is 0 Å². The van der Waals surface area contributed by atoms with Gasteiger partial charge in [0.25, 0.3) is 5.56 Å². The van der Waals surface area contributed by atoms with E-state index in [4.69, 9.17) is 0 Å². The highest BCUT2D eigenvalue weighted by atomic mass is 32.2. The smallest absolute Gasteiger partial charge is 0.336 e. The standard InChI is InChI=1S/C18H24FN3O3SSi/c1-12-5-3-6-15(13(12)2)27-10-9-26-8-4-7-20-17(24)22-11-14(19)16(23)21-18(22)25/h3,5-6,11H,4,7-10,27H2,1-2H3,(H,20,24)(H,21,23,25). The van der Waals surface area contributed by atoms with E-state index in [9.17, 15) is 18.8 Å². The average Bonchev–Trinajstić information content (AvgIpc) is 2.63. The number of rotatable bonds is 8. The zero-order valence-electron chi connectivity index (χ0n) is 15.5. The molecule has 6 nitrogen and oxygen atoms in total. The fourth-order valence-electron chi connectivity index (χ4n) is 2.60. The minimum atomic E-state index is -1.17. The number of nitrogens with one attached hydrogen (secondary N) is 2. The molecule has 0 aliphatic carbocycles. The van der Waals surface area contributed by atoms with Crippen LogP contribution in [0.1, 0.15) is 17.5 Å². The summed E-state index contributed by atoms with van der Waals surface area (Å²) in [5, 5.41) is 4.08. The van der Waals surface area contributed by atoms with E-state index in [1.165, 1.54) is 22.4 Å². The van der Waals surface area contributed by atoms with Crippen LogP contribution in [-0.2, 0) is 0 Å². The van der Waals surface area contributed by atoms with Gasteiger partial charge in [0.1, 0.15) is 0 Å². The minimum Gasteiger partial charge on any atom is -0.337 e. The van der Waals surface area contributed by atoms with Crippen LogP contribution >= 0.6 is 11.8 Å². The maximum Gasteiger partial charge on any atom is 0.336 e. The zero-order chi connectivity index (χ0) is 19.8. The van der Waals surface area contributed by atoms with Gasteiger partial charge in [0.15, 0.2) is 0 Å². The van der Waals surface area contributed by atoms with E-state index in [0.29, 0.717) is 17.3 Å². The van der Waals surface area contributed by atoms with Crippen molar-refractivity contribution < 1.29 is 9.18 Å². The highest BCUT2D eigenvalue weighted by Crippen LogP contribution is 2.06. The highest BCUT2D eigenvalue weighted by Gasteiger charge is 2.10. The summed E-state index contributed by atoms with van der Waals surface area (Å²) in [5.74, 6) is 0.822. The van der Waals surface area contributed by atoms with E-state index < -0.39 is 23.1 Å². The molecule has 0 bridgehead atoms. The summed E-state index contributed by atoms with van der Waals surface area (Å²) in [6.07, 6.45) is 1.35. The Labute approximate surface area is 163 Å². The highest BCUT2D eigenvalue weighted by molar-refractivity contribution is 7.99. The predicted molar refractivity (Wildman–Crippen MR) is 111 cm³/mol. The van der Waals surface area contributed by atoms with Crippen LogP contribution in [0.25, 0.3) is 0 Å². The molecule has 0 saturated heterocycles. The van der Waals surface area contributed by atoms with Gasteiger partial charge in [-0.3, -0.25) is 9.78 Å². The third-order valence-corrected chi connectivity index (χ3v) is 7.99. The van der Waals surface area contributed by atoms with Gasteiger partial charge in [0, 0.05) is 6.54 Å². The van der Waals surface area contributed by atoms with Crippen LogP contribution in [-0.4, -0.2) is 43.2 Å². The summed E-state index contributed by atoms with van der Waals surface area (Å²) in [6, 6.07) is 6.98. The van der Waals surface area contributed by atoms with Gasteiger partial charge < -0.3 is 5.32 Å². The van der Waals surface area contributed by atoms with Crippen LogP contribution in [0, 0.1) is 19.7 Å². The van der Waals surface area contributed by atoms with Gasteiger partial charge in [-0.1, -0.05) is 23.4 Å². The fraction of sp³-hybridized carbons (Fsp3) is 0.389. The number of aryl methyl sites for hydroxylation is 1. The summed E-state index contributed by atoms with van der Waals surface area (Å²) >= 11 is 1.84. The van der Waals surface area contributed by atoms with Gasteiger partial charge in [-0.15, -0.1) is 0 Å². The lowest BCUT2D eigenvalue weighted by Crippen LogP contribution is -2.41. The summed E-state index contributed by atoms with van der Waals surface area (Å²) in [5.41, 5.74) is 0.685. The number of nitrogens with zero attached hydrogens (tertiary/aromatic N) is 1. The van der Waals surface area contributed by atoms with Crippen molar-refractivity contribution in [1.29, 1.82) is 0 Å². The number of carbonyl (C=O) groups excluding carboxylic acids is 1. The van der Waals surface area contributed by atoms with Gasteiger partial charge in [0.05, 0.1) is 15.7 Å². The van der Waals surface area contributed by atoms with E-state index in [2.05, 4.69) is 37.4 Å². The molecule has 0 aliphatic heterocycles. The Bertz CT molecular complexity index is 913. The normalized spacial score (nSPS) is 11.2. The molecule has 2 rings (SSSR count). The average molecular weight is 410 g/mol. The van der Waals surface area contributed by atoms with E-state index in [1.54, 1.807) is 4.98 Å². The Kier molecular flexibility index (Phi) is 8.05. The SMILES string of the molecule is Cc1cccc([SiH2]CCSCCCNC(=O)n2cc(F)c(=O)[nH]c2=O)c1C. The number of hydrogen-bond acceptors (Lipinski definition) is 4. The van der Waals surface area contributed by atoms with Crippen molar-refractivity contribution in [1.82, 2.24) is 14.9 Å². The second kappa shape index (κ2) is 10.3. The van der Waals surface area contributed by atoms with E-state index in [-0.39, 0.29) is 9.52 Å². The first-order valence-electron chi connectivity index (χ1n) is 8.82. The van der Waals surface area contributed by atoms with Crippen LogP contribution < -0.4 is 21.8 Å². The number of halogens is 1. The van der Waals surface area contributed by atoms with Crippen LogP contribution in [0.4, 0.5) is 9.18 Å². The predicted octanol–water partition coefficient (Wildman–Crippen LogP) is 0.886. The molecule has 0 atom stereocenters. The lowest BCUT2D eigenvalue weighted by molar-refractivity contribution is 0.240. The maximum atomic E-state index is 13.2. The molecular weight excluding hydrogens is 385 g/mol. The van der Waals surface area contributed by atoms with E-state index >= 15 is 0 Å². The fourth-order valence-corrected chi connectivity index (χ4v) is 5.89. The van der Waals surface area contributed by atoms with Gasteiger partial charge in [-0.05, 0) is 48.9 Å². The second-order valence-corrected chi connectivity index (χ2v) is 9.46. The topological polar surface area (TPSA) is 84.0 Å². The van der Waals surface area contributed by atoms with Gasteiger partial charge in [-0.25, -0.2) is 14.2 Å². The van der Waals surface area contributed by atoms with Crippen molar-refractivity contribution in [2.75, 3.05) is 18.1 Å². The van der Waals surface area contributed by atoms with Gasteiger partial charge >= 0.3 is 11.7 Å². The van der Waals surface area contributed by atoms with Crippen LogP contribution in [0.5, 0.6) is 0 Å². The van der Waals surface area contributed by atoms with Crippen molar-refractivity contribution in [3.8, 4) is 0 Å². The molecule has 0 aliphatic rings. The van der Waals surface area contributed by atoms with Crippen LogP contribution in [0.15, 0.2) is 34.0 Å². The Morgan fingerprint density at radius 1 is 1.30 bits per heavy atom. The molecule has 0 unspecified atom stereocenters. The van der Waals surface area contributed by atoms with Gasteiger partial charge in [0.2, 0.25) is 5.82 Å². The number of benzene rings is 1. The summed E-state index contributed by atoms with van der Waals surface area (Å²) in [4.78, 5) is 36.0. The molecule has 2 aromatic rings. The molecule has 9 heteroatoms. The monoisotopic (exact) mass is 409 g/mol. The molecule has 2 N–H and O–H groups in total. The molecule has 1 aromatic heterocycles. The first kappa shape index (κ1) is 21.2. The number of thioether (sulfide) groups is 1. The lowest BCUT2D eigenvalue weighted by atomic mass is 10.1. The minimum absolute atomic E-state index is 0.254. The number of aromatic nitrogens is 2.